The van der Waals surface area contributed by atoms with Crippen LogP contribution in [0.3, 0.4) is 0 Å². The zero-order chi connectivity index (χ0) is 10.3. The molecule has 0 unspecified atom stereocenters. The first-order valence-electron chi connectivity index (χ1n) is 5.20. The quantitative estimate of drug-likeness (QED) is 0.633. The molecule has 2 aliphatic rings. The average Bonchev–Trinajstić information content (AvgIpc) is 1.97. The fraction of sp³-hybridized carbons (Fsp3) is 0.900. The van der Waals surface area contributed by atoms with Crippen LogP contribution >= 0.6 is 0 Å². The van der Waals surface area contributed by atoms with E-state index in [0.717, 1.165) is 12.8 Å². The van der Waals surface area contributed by atoms with Crippen molar-refractivity contribution in [2.75, 3.05) is 20.1 Å². The van der Waals surface area contributed by atoms with Crippen molar-refractivity contribution >= 4 is 5.91 Å². The summed E-state index contributed by atoms with van der Waals surface area (Å²) in [6.45, 7) is 2.78. The zero-order valence-electron chi connectivity index (χ0n) is 8.79. The summed E-state index contributed by atoms with van der Waals surface area (Å²) in [4.78, 5) is 13.5. The number of amides is 1. The Morgan fingerprint density at radius 2 is 2.07 bits per heavy atom. The van der Waals surface area contributed by atoms with Gasteiger partial charge in [0.05, 0.1) is 18.7 Å². The molecule has 1 saturated heterocycles. The molecule has 4 nitrogen and oxygen atoms in total. The molecule has 4 heteroatoms. The third-order valence-electron chi connectivity index (χ3n) is 3.27. The first-order valence-corrected chi connectivity index (χ1v) is 5.20. The van der Waals surface area contributed by atoms with Crippen molar-refractivity contribution in [1.82, 2.24) is 10.2 Å². The van der Waals surface area contributed by atoms with E-state index in [0.29, 0.717) is 19.1 Å². The summed E-state index contributed by atoms with van der Waals surface area (Å²) >= 11 is 0. The van der Waals surface area contributed by atoms with Gasteiger partial charge in [-0.1, -0.05) is 0 Å². The highest BCUT2D eigenvalue weighted by molar-refractivity contribution is 5.81. The molecule has 2 N–H and O–H groups in total. The number of nitrogens with zero attached hydrogens (tertiary/aromatic N) is 1. The van der Waals surface area contributed by atoms with Crippen molar-refractivity contribution in [2.45, 2.75) is 31.4 Å². The number of hydrogen-bond donors (Lipinski definition) is 2. The Bertz CT molecular complexity index is 239. The summed E-state index contributed by atoms with van der Waals surface area (Å²) in [5, 5.41) is 12.7. The van der Waals surface area contributed by atoms with Crippen LogP contribution in [0.5, 0.6) is 0 Å². The Kier molecular flexibility index (Phi) is 2.27. The highest BCUT2D eigenvalue weighted by Gasteiger charge is 2.44. The SMILES string of the molecule is CNC1CC(C(=O)N2CC(C)(O)C2)C1. The molecule has 1 aliphatic carbocycles. The summed E-state index contributed by atoms with van der Waals surface area (Å²) in [5.74, 6) is 0.423. The van der Waals surface area contributed by atoms with Gasteiger partial charge < -0.3 is 15.3 Å². The maximum Gasteiger partial charge on any atom is 0.226 e. The van der Waals surface area contributed by atoms with Crippen LogP contribution in [0.1, 0.15) is 19.8 Å². The van der Waals surface area contributed by atoms with Gasteiger partial charge in [0.1, 0.15) is 0 Å². The van der Waals surface area contributed by atoms with Crippen LogP contribution in [0.25, 0.3) is 0 Å². The molecule has 2 fully saturated rings. The van der Waals surface area contributed by atoms with Crippen molar-refractivity contribution in [1.29, 1.82) is 0 Å². The molecule has 80 valence electrons. The van der Waals surface area contributed by atoms with Gasteiger partial charge in [0.15, 0.2) is 0 Å². The van der Waals surface area contributed by atoms with Crippen LogP contribution in [0.4, 0.5) is 0 Å². The van der Waals surface area contributed by atoms with E-state index in [9.17, 15) is 9.90 Å². The number of rotatable bonds is 2. The first kappa shape index (κ1) is 9.93. The zero-order valence-corrected chi connectivity index (χ0v) is 8.79. The standard InChI is InChI=1S/C10H18N2O2/c1-10(14)5-12(6-10)9(13)7-3-8(4-7)11-2/h7-8,11,14H,3-6H2,1-2H3. The molecule has 0 atom stereocenters. The lowest BCUT2D eigenvalue weighted by Crippen LogP contribution is -2.64. The minimum absolute atomic E-state index is 0.198. The number of likely N-dealkylation sites (tertiary alicyclic amines) is 1. The van der Waals surface area contributed by atoms with Crippen molar-refractivity contribution in [3.8, 4) is 0 Å². The Hall–Kier alpha value is -0.610. The number of nitrogens with one attached hydrogen (secondary N) is 1. The maximum atomic E-state index is 11.7. The smallest absolute Gasteiger partial charge is 0.226 e. The molecule has 0 aromatic carbocycles. The molecule has 1 saturated carbocycles. The Morgan fingerprint density at radius 1 is 1.50 bits per heavy atom. The average molecular weight is 198 g/mol. The van der Waals surface area contributed by atoms with E-state index in [1.807, 2.05) is 7.05 Å². The van der Waals surface area contributed by atoms with Gasteiger partial charge in [0.2, 0.25) is 5.91 Å². The summed E-state index contributed by atoms with van der Waals surface area (Å²) < 4.78 is 0. The molecule has 0 aromatic heterocycles. The van der Waals surface area contributed by atoms with Crippen LogP contribution in [-0.4, -0.2) is 47.7 Å². The number of hydrogen-bond acceptors (Lipinski definition) is 3. The lowest BCUT2D eigenvalue weighted by molar-refractivity contribution is -0.159. The number of β-amino-alcohol motifs (C(OH)–C–C–N with tert-alkyl or cyclic N) is 1. The predicted molar refractivity (Wildman–Crippen MR) is 52.8 cm³/mol. The number of aliphatic hydroxyl groups is 1. The normalized spacial score (nSPS) is 34.6. The van der Waals surface area contributed by atoms with Gasteiger partial charge in [-0.25, -0.2) is 0 Å². The minimum Gasteiger partial charge on any atom is -0.386 e. The third kappa shape index (κ3) is 1.64. The molecule has 0 spiro atoms. The summed E-state index contributed by atoms with van der Waals surface area (Å²) in [6, 6.07) is 0.519. The van der Waals surface area contributed by atoms with Crippen molar-refractivity contribution in [3.05, 3.63) is 0 Å². The van der Waals surface area contributed by atoms with Gasteiger partial charge in [-0.05, 0) is 26.8 Å². The van der Waals surface area contributed by atoms with E-state index in [2.05, 4.69) is 5.32 Å². The van der Waals surface area contributed by atoms with Crippen LogP contribution in [0.15, 0.2) is 0 Å². The van der Waals surface area contributed by atoms with Gasteiger partial charge in [-0.15, -0.1) is 0 Å². The number of carbonyl (C=O) groups is 1. The molecule has 0 radical (unpaired) electrons. The van der Waals surface area contributed by atoms with E-state index in [-0.39, 0.29) is 11.8 Å². The van der Waals surface area contributed by atoms with Crippen molar-refractivity contribution < 1.29 is 9.90 Å². The van der Waals surface area contributed by atoms with E-state index < -0.39 is 5.60 Å². The molecule has 2 rings (SSSR count). The predicted octanol–water partition coefficient (Wildman–Crippen LogP) is -0.422. The second kappa shape index (κ2) is 3.21. The van der Waals surface area contributed by atoms with Crippen LogP contribution in [0.2, 0.25) is 0 Å². The molecule has 1 aliphatic heterocycles. The fourth-order valence-corrected chi connectivity index (χ4v) is 2.25. The molecule has 0 aromatic rings. The highest BCUT2D eigenvalue weighted by Crippen LogP contribution is 2.32. The van der Waals surface area contributed by atoms with Gasteiger partial charge in [-0.3, -0.25) is 4.79 Å². The molecule has 0 bridgehead atoms. The Morgan fingerprint density at radius 3 is 2.50 bits per heavy atom. The van der Waals surface area contributed by atoms with Crippen molar-refractivity contribution in [2.24, 2.45) is 5.92 Å². The minimum atomic E-state index is -0.637. The van der Waals surface area contributed by atoms with Gasteiger partial charge in [-0.2, -0.15) is 0 Å². The van der Waals surface area contributed by atoms with Crippen LogP contribution in [-0.2, 0) is 4.79 Å². The van der Waals surface area contributed by atoms with Gasteiger partial charge in [0.25, 0.3) is 0 Å². The van der Waals surface area contributed by atoms with Gasteiger partial charge >= 0.3 is 0 Å². The fourth-order valence-electron chi connectivity index (χ4n) is 2.25. The lowest BCUT2D eigenvalue weighted by Gasteiger charge is -2.47. The van der Waals surface area contributed by atoms with Gasteiger partial charge in [0, 0.05) is 12.0 Å². The first-order chi connectivity index (χ1) is 6.52. The van der Waals surface area contributed by atoms with E-state index in [4.69, 9.17) is 0 Å². The largest absolute Gasteiger partial charge is 0.386 e. The lowest BCUT2D eigenvalue weighted by atomic mass is 9.78. The van der Waals surface area contributed by atoms with Crippen molar-refractivity contribution in [3.63, 3.8) is 0 Å². The third-order valence-corrected chi connectivity index (χ3v) is 3.27. The number of carbonyl (C=O) groups excluding carboxylic acids is 1. The van der Waals surface area contributed by atoms with Crippen LogP contribution in [0, 0.1) is 5.92 Å². The molecular weight excluding hydrogens is 180 g/mol. The summed E-state index contributed by atoms with van der Waals surface area (Å²) in [7, 11) is 1.93. The highest BCUT2D eigenvalue weighted by atomic mass is 16.3. The topological polar surface area (TPSA) is 52.6 Å². The Labute approximate surface area is 84.3 Å². The summed E-state index contributed by atoms with van der Waals surface area (Å²) in [6.07, 6.45) is 1.90. The Balaban J connectivity index is 1.76. The van der Waals surface area contributed by atoms with Crippen LogP contribution < -0.4 is 5.32 Å². The van der Waals surface area contributed by atoms with E-state index in [1.54, 1.807) is 11.8 Å². The molecule has 1 heterocycles. The second-order valence-electron chi connectivity index (χ2n) is 4.85. The monoisotopic (exact) mass is 198 g/mol. The second-order valence-corrected chi connectivity index (χ2v) is 4.85. The maximum absolute atomic E-state index is 11.7. The molecule has 14 heavy (non-hydrogen) atoms. The molecular formula is C10H18N2O2. The molecule has 1 amide bonds. The summed E-state index contributed by atoms with van der Waals surface area (Å²) in [5.41, 5.74) is -0.637. The van der Waals surface area contributed by atoms with E-state index in [1.165, 1.54) is 0 Å². The van der Waals surface area contributed by atoms with E-state index >= 15 is 0 Å².